The Kier molecular flexibility index (Phi) is 5.79. The lowest BCUT2D eigenvalue weighted by molar-refractivity contribution is -0.129. The van der Waals surface area contributed by atoms with E-state index in [2.05, 4.69) is 25.6 Å². The Morgan fingerprint density at radius 2 is 2.12 bits per heavy atom. The number of nitrogens with two attached hydrogens (primary N) is 1. The summed E-state index contributed by atoms with van der Waals surface area (Å²) < 4.78 is 0. The monoisotopic (exact) mass is 359 g/mol. The summed E-state index contributed by atoms with van der Waals surface area (Å²) in [6, 6.07) is 2.12. The van der Waals surface area contributed by atoms with Crippen LogP contribution < -0.4 is 16.4 Å². The Morgan fingerprint density at radius 3 is 2.81 bits per heavy atom. The van der Waals surface area contributed by atoms with E-state index in [4.69, 9.17) is 5.73 Å². The van der Waals surface area contributed by atoms with Crippen LogP contribution in [0.15, 0.2) is 18.6 Å². The zero-order valence-corrected chi connectivity index (χ0v) is 14.9. The van der Waals surface area contributed by atoms with Crippen molar-refractivity contribution in [2.75, 3.05) is 36.8 Å². The Labute approximate surface area is 152 Å². The SMILES string of the molecule is CC(=O)N1CCC(Nc2ncnc3c(NC[C@H](O)CN)nccc23)CC1. The van der Waals surface area contributed by atoms with Crippen LogP contribution in [0.25, 0.3) is 10.9 Å². The van der Waals surface area contributed by atoms with E-state index in [0.717, 1.165) is 37.1 Å². The normalized spacial score (nSPS) is 16.5. The maximum atomic E-state index is 11.5. The first kappa shape index (κ1) is 18.3. The number of aromatic nitrogens is 3. The zero-order chi connectivity index (χ0) is 18.5. The smallest absolute Gasteiger partial charge is 0.219 e. The van der Waals surface area contributed by atoms with Crippen LogP contribution in [0.5, 0.6) is 0 Å². The fraction of sp³-hybridized carbons (Fsp3) is 0.529. The van der Waals surface area contributed by atoms with Crippen LogP contribution in [0.4, 0.5) is 11.6 Å². The maximum Gasteiger partial charge on any atom is 0.219 e. The molecule has 1 aliphatic heterocycles. The van der Waals surface area contributed by atoms with E-state index < -0.39 is 6.10 Å². The van der Waals surface area contributed by atoms with E-state index in [1.165, 1.54) is 6.33 Å². The number of carbonyl (C=O) groups is 1. The highest BCUT2D eigenvalue weighted by molar-refractivity contribution is 5.95. The molecule has 0 saturated carbocycles. The molecule has 1 atom stereocenters. The molecule has 2 aromatic rings. The van der Waals surface area contributed by atoms with Gasteiger partial charge in [0.05, 0.1) is 6.10 Å². The second-order valence-corrected chi connectivity index (χ2v) is 6.47. The molecule has 0 aliphatic carbocycles. The van der Waals surface area contributed by atoms with E-state index in [1.807, 2.05) is 11.0 Å². The predicted octanol–water partition coefficient (Wildman–Crippen LogP) is 0.179. The van der Waals surface area contributed by atoms with Crippen LogP contribution in [0.1, 0.15) is 19.8 Å². The second kappa shape index (κ2) is 8.24. The molecule has 0 aromatic carbocycles. The summed E-state index contributed by atoms with van der Waals surface area (Å²) in [5.41, 5.74) is 6.13. The average Bonchev–Trinajstić information content (AvgIpc) is 2.66. The van der Waals surface area contributed by atoms with Gasteiger partial charge in [-0.25, -0.2) is 15.0 Å². The molecule has 1 fully saturated rings. The lowest BCUT2D eigenvalue weighted by Crippen LogP contribution is -2.41. The molecule has 0 spiro atoms. The highest BCUT2D eigenvalue weighted by Gasteiger charge is 2.21. The fourth-order valence-electron chi connectivity index (χ4n) is 3.06. The number of anilines is 2. The van der Waals surface area contributed by atoms with Crippen molar-refractivity contribution in [1.82, 2.24) is 19.9 Å². The summed E-state index contributed by atoms with van der Waals surface area (Å²) in [6.07, 6.45) is 4.31. The minimum atomic E-state index is -0.641. The van der Waals surface area contributed by atoms with Gasteiger partial charge in [0.15, 0.2) is 5.82 Å². The van der Waals surface area contributed by atoms with Gasteiger partial charge >= 0.3 is 0 Å². The summed E-state index contributed by atoms with van der Waals surface area (Å²) in [4.78, 5) is 26.3. The molecule has 1 amide bonds. The number of nitrogens with zero attached hydrogens (tertiary/aromatic N) is 4. The van der Waals surface area contributed by atoms with Gasteiger partial charge in [-0.3, -0.25) is 4.79 Å². The summed E-state index contributed by atoms with van der Waals surface area (Å²) in [5, 5.41) is 17.1. The summed E-state index contributed by atoms with van der Waals surface area (Å²) in [6.45, 7) is 3.59. The van der Waals surface area contributed by atoms with E-state index in [0.29, 0.717) is 17.9 Å². The number of piperidine rings is 1. The molecule has 0 bridgehead atoms. The Bertz CT molecular complexity index is 762. The van der Waals surface area contributed by atoms with Gasteiger partial charge < -0.3 is 26.4 Å². The number of hydrogen-bond donors (Lipinski definition) is 4. The van der Waals surface area contributed by atoms with Gasteiger partial charge in [0.25, 0.3) is 0 Å². The van der Waals surface area contributed by atoms with Crippen molar-refractivity contribution < 1.29 is 9.90 Å². The minimum Gasteiger partial charge on any atom is -0.390 e. The average molecular weight is 359 g/mol. The third-order valence-corrected chi connectivity index (χ3v) is 4.61. The van der Waals surface area contributed by atoms with Crippen LogP contribution in [0.2, 0.25) is 0 Å². The van der Waals surface area contributed by atoms with Crippen molar-refractivity contribution in [3.8, 4) is 0 Å². The van der Waals surface area contributed by atoms with Crippen molar-refractivity contribution in [3.63, 3.8) is 0 Å². The Hall–Kier alpha value is -2.52. The number of nitrogens with one attached hydrogen (secondary N) is 2. The first-order valence-corrected chi connectivity index (χ1v) is 8.82. The molecule has 26 heavy (non-hydrogen) atoms. The van der Waals surface area contributed by atoms with Gasteiger partial charge in [-0.2, -0.15) is 0 Å². The van der Waals surface area contributed by atoms with Crippen molar-refractivity contribution in [3.05, 3.63) is 18.6 Å². The highest BCUT2D eigenvalue weighted by atomic mass is 16.3. The number of amides is 1. The highest BCUT2D eigenvalue weighted by Crippen LogP contribution is 2.25. The molecule has 9 nitrogen and oxygen atoms in total. The minimum absolute atomic E-state index is 0.123. The van der Waals surface area contributed by atoms with Gasteiger partial charge in [0.1, 0.15) is 17.7 Å². The third-order valence-electron chi connectivity index (χ3n) is 4.61. The number of aliphatic hydroxyl groups excluding tert-OH is 1. The molecule has 140 valence electrons. The summed E-state index contributed by atoms with van der Waals surface area (Å²) in [7, 11) is 0. The molecule has 0 unspecified atom stereocenters. The summed E-state index contributed by atoms with van der Waals surface area (Å²) in [5.74, 6) is 1.46. The molecule has 3 rings (SSSR count). The number of fused-ring (bicyclic) bond motifs is 1. The van der Waals surface area contributed by atoms with Crippen LogP contribution in [0, 0.1) is 0 Å². The maximum absolute atomic E-state index is 11.5. The molecule has 1 saturated heterocycles. The molecule has 0 radical (unpaired) electrons. The van der Waals surface area contributed by atoms with Gasteiger partial charge in [-0.1, -0.05) is 0 Å². The van der Waals surface area contributed by atoms with E-state index >= 15 is 0 Å². The van der Waals surface area contributed by atoms with Crippen LogP contribution >= 0.6 is 0 Å². The number of hydrogen-bond acceptors (Lipinski definition) is 8. The molecule has 1 aliphatic rings. The number of pyridine rings is 1. The molecule has 3 heterocycles. The third kappa shape index (κ3) is 4.17. The second-order valence-electron chi connectivity index (χ2n) is 6.47. The van der Waals surface area contributed by atoms with Gasteiger partial charge in [-0.05, 0) is 18.9 Å². The molecular weight excluding hydrogens is 334 g/mol. The largest absolute Gasteiger partial charge is 0.390 e. The standard InChI is InChI=1S/C17H25N7O2/c1-11(25)24-6-3-12(4-7-24)23-16-14-2-5-19-17(15(14)21-10-22-16)20-9-13(26)8-18/h2,5,10,12-13,26H,3-4,6-9,18H2,1H3,(H,19,20)(H,21,22,23)/t13-/m1/s1. The quantitative estimate of drug-likeness (QED) is 0.575. The topological polar surface area (TPSA) is 129 Å². The summed E-state index contributed by atoms with van der Waals surface area (Å²) >= 11 is 0. The fourth-order valence-corrected chi connectivity index (χ4v) is 3.06. The van der Waals surface area contributed by atoms with Gasteiger partial charge in [0.2, 0.25) is 5.91 Å². The predicted molar refractivity (Wildman–Crippen MR) is 99.8 cm³/mol. The lowest BCUT2D eigenvalue weighted by Gasteiger charge is -2.32. The van der Waals surface area contributed by atoms with E-state index in [-0.39, 0.29) is 18.5 Å². The molecule has 2 aromatic heterocycles. The van der Waals surface area contributed by atoms with Crippen molar-refractivity contribution in [2.24, 2.45) is 5.73 Å². The van der Waals surface area contributed by atoms with Gasteiger partial charge in [-0.15, -0.1) is 0 Å². The van der Waals surface area contributed by atoms with Crippen LogP contribution in [0.3, 0.4) is 0 Å². The number of aliphatic hydroxyl groups is 1. The van der Waals surface area contributed by atoms with Crippen molar-refractivity contribution >= 4 is 28.4 Å². The molecular formula is C17H25N7O2. The first-order valence-electron chi connectivity index (χ1n) is 8.82. The number of likely N-dealkylation sites (tertiary alicyclic amines) is 1. The van der Waals surface area contributed by atoms with E-state index in [9.17, 15) is 9.90 Å². The molecule has 9 heteroatoms. The van der Waals surface area contributed by atoms with E-state index in [1.54, 1.807) is 13.1 Å². The Balaban J connectivity index is 1.74. The van der Waals surface area contributed by atoms with Crippen molar-refractivity contribution in [2.45, 2.75) is 31.9 Å². The van der Waals surface area contributed by atoms with Gasteiger partial charge in [0, 0.05) is 50.7 Å². The lowest BCUT2D eigenvalue weighted by atomic mass is 10.0. The Morgan fingerprint density at radius 1 is 1.35 bits per heavy atom. The molecule has 5 N–H and O–H groups in total. The van der Waals surface area contributed by atoms with Crippen LogP contribution in [-0.2, 0) is 4.79 Å². The number of carbonyl (C=O) groups excluding carboxylic acids is 1. The zero-order valence-electron chi connectivity index (χ0n) is 14.9. The first-order chi connectivity index (χ1) is 12.6. The van der Waals surface area contributed by atoms with Crippen LogP contribution in [-0.4, -0.2) is 69.2 Å². The number of rotatable bonds is 6. The van der Waals surface area contributed by atoms with Crippen molar-refractivity contribution in [1.29, 1.82) is 0 Å².